The Balaban J connectivity index is 2.81. The molecule has 0 bridgehead atoms. The van der Waals surface area contributed by atoms with Crippen LogP contribution in [0.2, 0.25) is 0 Å². The summed E-state index contributed by atoms with van der Waals surface area (Å²) in [6.07, 6.45) is 2.98. The lowest BCUT2D eigenvalue weighted by molar-refractivity contribution is -0.150. The topological polar surface area (TPSA) is 89.0 Å². The molecule has 0 aromatic carbocycles. The van der Waals surface area contributed by atoms with Gasteiger partial charge in [0, 0.05) is 0 Å². The van der Waals surface area contributed by atoms with Crippen molar-refractivity contribution >= 4 is 17.7 Å². The van der Waals surface area contributed by atoms with Crippen LogP contribution in [0.15, 0.2) is 23.8 Å². The van der Waals surface area contributed by atoms with Crippen LogP contribution in [0.25, 0.3) is 5.53 Å². The standard InChI is InChI=1S/C14H18N2O4/c1-8(2)10-6-5-9(3)11(7-10)20-14(18)12(16-15)13(17)19-4/h5,10-11H,1,6-7H2,2-4H3/t10-,11+/m0/s1. The Morgan fingerprint density at radius 3 is 2.60 bits per heavy atom. The van der Waals surface area contributed by atoms with Crippen LogP contribution in [0.4, 0.5) is 0 Å². The quantitative estimate of drug-likeness (QED) is 0.195. The molecule has 0 heterocycles. The lowest BCUT2D eigenvalue weighted by Crippen LogP contribution is -2.34. The Morgan fingerprint density at radius 2 is 2.10 bits per heavy atom. The first kappa shape index (κ1) is 15.9. The molecule has 6 nitrogen and oxygen atoms in total. The summed E-state index contributed by atoms with van der Waals surface area (Å²) < 4.78 is 9.56. The summed E-state index contributed by atoms with van der Waals surface area (Å²) in [6.45, 7) is 7.67. The highest BCUT2D eigenvalue weighted by Gasteiger charge is 2.36. The Morgan fingerprint density at radius 1 is 1.45 bits per heavy atom. The zero-order chi connectivity index (χ0) is 15.3. The molecule has 1 rings (SSSR count). The van der Waals surface area contributed by atoms with E-state index in [4.69, 9.17) is 10.3 Å². The van der Waals surface area contributed by atoms with E-state index in [9.17, 15) is 9.59 Å². The van der Waals surface area contributed by atoms with E-state index in [2.05, 4.69) is 16.1 Å². The maximum Gasteiger partial charge on any atom is 0.482 e. The lowest BCUT2D eigenvalue weighted by atomic mass is 9.84. The highest BCUT2D eigenvalue weighted by Crippen LogP contribution is 2.30. The minimum Gasteiger partial charge on any atom is -0.460 e. The highest BCUT2D eigenvalue weighted by atomic mass is 16.6. The van der Waals surface area contributed by atoms with Gasteiger partial charge in [-0.1, -0.05) is 18.2 Å². The van der Waals surface area contributed by atoms with Gasteiger partial charge >= 0.3 is 17.7 Å². The van der Waals surface area contributed by atoms with Crippen LogP contribution in [0, 0.1) is 5.92 Å². The number of carbonyl (C=O) groups excluding carboxylic acids is 2. The van der Waals surface area contributed by atoms with Gasteiger partial charge < -0.3 is 15.0 Å². The van der Waals surface area contributed by atoms with Crippen LogP contribution in [0.3, 0.4) is 0 Å². The van der Waals surface area contributed by atoms with E-state index < -0.39 is 23.8 Å². The zero-order valence-electron chi connectivity index (χ0n) is 11.9. The maximum absolute atomic E-state index is 11.8. The van der Waals surface area contributed by atoms with Crippen molar-refractivity contribution in [2.45, 2.75) is 32.8 Å². The Labute approximate surface area is 117 Å². The van der Waals surface area contributed by atoms with Crippen LogP contribution < -0.4 is 0 Å². The number of allylic oxidation sites excluding steroid dienone is 2. The normalized spacial score (nSPS) is 21.2. The molecule has 0 aromatic rings. The number of ether oxygens (including phenoxy) is 2. The Kier molecular flexibility index (Phi) is 5.41. The second kappa shape index (κ2) is 6.82. The van der Waals surface area contributed by atoms with Crippen molar-refractivity contribution < 1.29 is 23.9 Å². The number of rotatable bonds is 4. The molecular weight excluding hydrogens is 260 g/mol. The van der Waals surface area contributed by atoms with Crippen molar-refractivity contribution in [3.63, 3.8) is 0 Å². The molecular formula is C14H18N2O4. The molecule has 0 amide bonds. The van der Waals surface area contributed by atoms with E-state index in [0.717, 1.165) is 24.7 Å². The molecule has 0 saturated heterocycles. The van der Waals surface area contributed by atoms with Crippen LogP contribution >= 0.6 is 0 Å². The second-order valence-electron chi connectivity index (χ2n) is 4.80. The second-order valence-corrected chi connectivity index (χ2v) is 4.80. The number of hydrogen-bond donors (Lipinski definition) is 0. The van der Waals surface area contributed by atoms with Gasteiger partial charge in [0.15, 0.2) is 0 Å². The molecule has 0 radical (unpaired) electrons. The van der Waals surface area contributed by atoms with Gasteiger partial charge in [-0.05, 0) is 38.2 Å². The van der Waals surface area contributed by atoms with Crippen molar-refractivity contribution in [3.05, 3.63) is 29.3 Å². The molecule has 0 saturated carbocycles. The molecule has 0 unspecified atom stereocenters. The first-order valence-corrected chi connectivity index (χ1v) is 6.24. The third kappa shape index (κ3) is 3.65. The number of nitrogens with zero attached hydrogens (tertiary/aromatic N) is 2. The highest BCUT2D eigenvalue weighted by molar-refractivity contribution is 6.60. The summed E-state index contributed by atoms with van der Waals surface area (Å²) in [6, 6.07) is 0. The average Bonchev–Trinajstić information content (AvgIpc) is 2.41. The van der Waals surface area contributed by atoms with E-state index in [1.807, 2.05) is 19.9 Å². The molecule has 1 aliphatic rings. The number of carbonyl (C=O) groups is 2. The number of methoxy groups -OCH3 is 1. The minimum atomic E-state index is -1.04. The molecule has 20 heavy (non-hydrogen) atoms. The van der Waals surface area contributed by atoms with Crippen molar-refractivity contribution in [1.29, 1.82) is 0 Å². The summed E-state index contributed by atoms with van der Waals surface area (Å²) in [7, 11) is 1.09. The van der Waals surface area contributed by atoms with Crippen molar-refractivity contribution in [1.82, 2.24) is 0 Å². The van der Waals surface area contributed by atoms with Gasteiger partial charge in [0.25, 0.3) is 0 Å². The molecule has 2 atom stereocenters. The Hall–Kier alpha value is -2.20. The van der Waals surface area contributed by atoms with E-state index in [-0.39, 0.29) is 5.92 Å². The monoisotopic (exact) mass is 278 g/mol. The van der Waals surface area contributed by atoms with Gasteiger partial charge in [-0.15, -0.1) is 0 Å². The number of hydrogen-bond acceptors (Lipinski definition) is 4. The largest absolute Gasteiger partial charge is 0.482 e. The summed E-state index contributed by atoms with van der Waals surface area (Å²) in [5.41, 5.74) is 9.84. The lowest BCUT2D eigenvalue weighted by Gasteiger charge is -2.28. The van der Waals surface area contributed by atoms with Crippen molar-refractivity contribution in [2.24, 2.45) is 5.92 Å². The summed E-state index contributed by atoms with van der Waals surface area (Å²) in [4.78, 5) is 25.7. The Bertz CT molecular complexity index is 515. The molecule has 0 N–H and O–H groups in total. The molecule has 6 heteroatoms. The van der Waals surface area contributed by atoms with Gasteiger partial charge in [0.05, 0.1) is 7.11 Å². The number of esters is 2. The molecule has 0 aliphatic heterocycles. The molecule has 108 valence electrons. The first-order valence-electron chi connectivity index (χ1n) is 6.24. The van der Waals surface area contributed by atoms with Crippen LogP contribution in [-0.2, 0) is 19.1 Å². The molecule has 0 aromatic heterocycles. The fourth-order valence-corrected chi connectivity index (χ4v) is 1.99. The minimum absolute atomic E-state index is 0.226. The molecule has 0 fully saturated rings. The van der Waals surface area contributed by atoms with E-state index in [1.54, 1.807) is 0 Å². The summed E-state index contributed by atoms with van der Waals surface area (Å²) in [5.74, 6) is -1.81. The van der Waals surface area contributed by atoms with E-state index in [1.165, 1.54) is 0 Å². The van der Waals surface area contributed by atoms with Crippen molar-refractivity contribution in [3.8, 4) is 0 Å². The van der Waals surface area contributed by atoms with E-state index in [0.29, 0.717) is 6.42 Å². The van der Waals surface area contributed by atoms with Gasteiger partial charge in [-0.2, -0.15) is 4.79 Å². The zero-order valence-corrected chi connectivity index (χ0v) is 11.9. The first-order chi connectivity index (χ1) is 9.40. The predicted molar refractivity (Wildman–Crippen MR) is 71.8 cm³/mol. The fourth-order valence-electron chi connectivity index (χ4n) is 1.99. The van der Waals surface area contributed by atoms with Gasteiger partial charge in [0.2, 0.25) is 0 Å². The SMILES string of the molecule is C=C(C)[C@H]1CC=C(C)[C@H](OC(=O)C(=[N+]=[N-])C(=O)OC)C1. The van der Waals surface area contributed by atoms with Crippen LogP contribution in [0.1, 0.15) is 26.7 Å². The van der Waals surface area contributed by atoms with Gasteiger partial charge in [-0.25, -0.2) is 9.59 Å². The third-order valence-electron chi connectivity index (χ3n) is 3.35. The van der Waals surface area contributed by atoms with Crippen LogP contribution in [0.5, 0.6) is 0 Å². The van der Waals surface area contributed by atoms with Gasteiger partial charge in [0.1, 0.15) is 6.10 Å². The summed E-state index contributed by atoms with van der Waals surface area (Å²) in [5, 5.41) is 0. The van der Waals surface area contributed by atoms with Gasteiger partial charge in [-0.3, -0.25) is 0 Å². The smallest absolute Gasteiger partial charge is 0.460 e. The van der Waals surface area contributed by atoms with Crippen LogP contribution in [-0.4, -0.2) is 35.7 Å². The molecule has 0 spiro atoms. The third-order valence-corrected chi connectivity index (χ3v) is 3.35. The molecule has 1 aliphatic carbocycles. The van der Waals surface area contributed by atoms with Crippen molar-refractivity contribution in [2.75, 3.05) is 7.11 Å². The predicted octanol–water partition coefficient (Wildman–Crippen LogP) is 1.67. The fraction of sp³-hybridized carbons (Fsp3) is 0.500. The average molecular weight is 278 g/mol. The maximum atomic E-state index is 11.8. The van der Waals surface area contributed by atoms with E-state index >= 15 is 0 Å². The summed E-state index contributed by atoms with van der Waals surface area (Å²) >= 11 is 0.